The van der Waals surface area contributed by atoms with Gasteiger partial charge in [0.1, 0.15) is 0 Å². The smallest absolute Gasteiger partial charge is 0.159 e. The zero-order valence-electron chi connectivity index (χ0n) is 17.4. The third-order valence-electron chi connectivity index (χ3n) is 6.81. The highest BCUT2D eigenvalue weighted by Crippen LogP contribution is 2.42. The van der Waals surface area contributed by atoms with Crippen LogP contribution in [-0.2, 0) is 0 Å². The predicted molar refractivity (Wildman–Crippen MR) is 113 cm³/mol. The normalized spacial score (nSPS) is 26.7. The highest BCUT2D eigenvalue weighted by molar-refractivity contribution is 5.54. The van der Waals surface area contributed by atoms with Crippen LogP contribution in [0.15, 0.2) is 30.6 Å². The molecule has 0 aromatic carbocycles. The molecule has 150 valence electrons. The number of likely N-dealkylation sites (N-methyl/N-ethyl adjacent to an activating group) is 1. The molecule has 3 aliphatic rings. The number of pyridine rings is 1. The summed E-state index contributed by atoms with van der Waals surface area (Å²) >= 11 is 0. The van der Waals surface area contributed by atoms with E-state index in [1.165, 1.54) is 30.8 Å². The Hall–Kier alpha value is -1.85. The first-order valence-electron chi connectivity index (χ1n) is 10.9. The number of hydrogen-bond acceptors (Lipinski definition) is 5. The van der Waals surface area contributed by atoms with Gasteiger partial charge in [-0.05, 0) is 63.4 Å². The molecule has 2 bridgehead atoms. The second-order valence-electron chi connectivity index (χ2n) is 8.39. The largest absolute Gasteiger partial charge is 0.318 e. The fourth-order valence-electron chi connectivity index (χ4n) is 5.14. The molecule has 5 heteroatoms. The summed E-state index contributed by atoms with van der Waals surface area (Å²) in [6.07, 6.45) is 8.47. The lowest BCUT2D eigenvalue weighted by Gasteiger charge is -2.49. The van der Waals surface area contributed by atoms with Gasteiger partial charge < -0.3 is 5.32 Å². The van der Waals surface area contributed by atoms with Crippen molar-refractivity contribution in [1.29, 1.82) is 0 Å². The number of nitrogens with zero attached hydrogens (tertiary/aromatic N) is 4. The molecule has 5 rings (SSSR count). The highest BCUT2D eigenvalue weighted by atomic mass is 15.2. The molecule has 5 heterocycles. The molecule has 4 atom stereocenters. The van der Waals surface area contributed by atoms with E-state index >= 15 is 0 Å². The van der Waals surface area contributed by atoms with Gasteiger partial charge in [-0.15, -0.1) is 0 Å². The first-order valence-corrected chi connectivity index (χ1v) is 10.9. The Morgan fingerprint density at radius 3 is 2.61 bits per heavy atom. The number of rotatable bonds is 7. The third kappa shape index (κ3) is 3.83. The van der Waals surface area contributed by atoms with Gasteiger partial charge in [0.05, 0.1) is 0 Å². The lowest BCUT2D eigenvalue weighted by Crippen LogP contribution is -2.55. The van der Waals surface area contributed by atoms with E-state index in [1.807, 2.05) is 24.5 Å². The molecular weight excluding hydrogens is 346 g/mol. The van der Waals surface area contributed by atoms with Gasteiger partial charge in [0.15, 0.2) is 5.82 Å². The van der Waals surface area contributed by atoms with Crippen molar-refractivity contribution in [2.24, 2.45) is 5.92 Å². The van der Waals surface area contributed by atoms with Crippen molar-refractivity contribution in [2.75, 3.05) is 26.7 Å². The van der Waals surface area contributed by atoms with Crippen LogP contribution in [0, 0.1) is 5.92 Å². The Balaban J connectivity index is 1.69. The fourth-order valence-corrected chi connectivity index (χ4v) is 5.14. The second kappa shape index (κ2) is 8.66. The van der Waals surface area contributed by atoms with Crippen molar-refractivity contribution in [2.45, 2.75) is 57.4 Å². The molecule has 1 N–H and O–H groups in total. The zero-order chi connectivity index (χ0) is 19.5. The first-order chi connectivity index (χ1) is 13.7. The van der Waals surface area contributed by atoms with Crippen molar-refractivity contribution in [3.63, 3.8) is 0 Å². The van der Waals surface area contributed by atoms with E-state index < -0.39 is 0 Å². The molecule has 0 saturated carbocycles. The first kappa shape index (κ1) is 19.5. The Morgan fingerprint density at radius 2 is 1.96 bits per heavy atom. The predicted octanol–water partition coefficient (Wildman–Crippen LogP) is 3.84. The van der Waals surface area contributed by atoms with E-state index in [9.17, 15) is 0 Å². The van der Waals surface area contributed by atoms with Crippen molar-refractivity contribution in [3.8, 4) is 11.4 Å². The van der Waals surface area contributed by atoms with E-state index in [0.717, 1.165) is 43.2 Å². The van der Waals surface area contributed by atoms with Crippen LogP contribution in [0.4, 0.5) is 0 Å². The van der Waals surface area contributed by atoms with E-state index in [2.05, 4.69) is 42.2 Å². The average molecular weight is 380 g/mol. The molecule has 0 radical (unpaired) electrons. The van der Waals surface area contributed by atoms with Crippen LogP contribution in [0.3, 0.4) is 0 Å². The number of fused-ring (bicyclic) bond motifs is 3. The molecule has 2 aromatic heterocycles. The fraction of sp³-hybridized carbons (Fsp3) is 0.609. The summed E-state index contributed by atoms with van der Waals surface area (Å²) in [7, 11) is 2.06. The van der Waals surface area contributed by atoms with Gasteiger partial charge in [-0.3, -0.25) is 9.88 Å². The quantitative estimate of drug-likeness (QED) is 0.792. The topological polar surface area (TPSA) is 53.9 Å². The van der Waals surface area contributed by atoms with Crippen LogP contribution in [0.1, 0.15) is 62.8 Å². The van der Waals surface area contributed by atoms with Crippen LogP contribution in [0.2, 0.25) is 0 Å². The Kier molecular flexibility index (Phi) is 6.02. The summed E-state index contributed by atoms with van der Waals surface area (Å²) in [5.74, 6) is 2.63. The van der Waals surface area contributed by atoms with Crippen molar-refractivity contribution in [3.05, 3.63) is 42.0 Å². The van der Waals surface area contributed by atoms with Crippen molar-refractivity contribution >= 4 is 0 Å². The van der Waals surface area contributed by atoms with E-state index in [0.29, 0.717) is 17.9 Å². The highest BCUT2D eigenvalue weighted by Gasteiger charge is 2.41. The molecule has 0 amide bonds. The maximum Gasteiger partial charge on any atom is 0.159 e. The Morgan fingerprint density at radius 1 is 1.18 bits per heavy atom. The minimum Gasteiger partial charge on any atom is -0.318 e. The molecule has 3 aliphatic heterocycles. The average Bonchev–Trinajstić information content (AvgIpc) is 2.76. The molecule has 28 heavy (non-hydrogen) atoms. The van der Waals surface area contributed by atoms with Gasteiger partial charge in [0.25, 0.3) is 0 Å². The molecule has 3 fully saturated rings. The summed E-state index contributed by atoms with van der Waals surface area (Å²) in [5, 5.41) is 3.37. The summed E-state index contributed by atoms with van der Waals surface area (Å²) in [4.78, 5) is 16.9. The van der Waals surface area contributed by atoms with Gasteiger partial charge in [-0.1, -0.05) is 13.8 Å². The van der Waals surface area contributed by atoms with Gasteiger partial charge >= 0.3 is 0 Å². The number of aromatic nitrogens is 3. The molecule has 2 aromatic rings. The van der Waals surface area contributed by atoms with Crippen LogP contribution < -0.4 is 5.32 Å². The SMILES string of the molecule is CCC(CC)c1cc([C@@H]2CN3CC[C@H]2C[C@@H]3CNC)nc(-c2ccncc2)n1. The minimum atomic E-state index is 0.500. The van der Waals surface area contributed by atoms with Crippen molar-refractivity contribution < 1.29 is 0 Å². The number of piperidine rings is 3. The van der Waals surface area contributed by atoms with Crippen LogP contribution in [0.5, 0.6) is 0 Å². The molecule has 0 aliphatic carbocycles. The maximum atomic E-state index is 5.09. The van der Waals surface area contributed by atoms with Gasteiger partial charge in [0.2, 0.25) is 0 Å². The molecule has 5 nitrogen and oxygen atoms in total. The summed E-state index contributed by atoms with van der Waals surface area (Å²) in [6.45, 7) is 7.98. The Labute approximate surface area is 169 Å². The van der Waals surface area contributed by atoms with Crippen LogP contribution in [0.25, 0.3) is 11.4 Å². The van der Waals surface area contributed by atoms with Crippen molar-refractivity contribution in [1.82, 2.24) is 25.2 Å². The zero-order valence-corrected chi connectivity index (χ0v) is 17.4. The van der Waals surface area contributed by atoms with Crippen LogP contribution in [-0.4, -0.2) is 52.6 Å². The lowest BCUT2D eigenvalue weighted by atomic mass is 9.74. The molecule has 0 spiro atoms. The van der Waals surface area contributed by atoms with Gasteiger partial charge in [-0.25, -0.2) is 9.97 Å². The summed E-state index contributed by atoms with van der Waals surface area (Å²) in [5.41, 5.74) is 3.53. The Bertz CT molecular complexity index is 774. The van der Waals surface area contributed by atoms with E-state index in [-0.39, 0.29) is 0 Å². The van der Waals surface area contributed by atoms with Crippen LogP contribution >= 0.6 is 0 Å². The molecular formula is C23H33N5. The molecule has 1 unspecified atom stereocenters. The van der Waals surface area contributed by atoms with E-state index in [4.69, 9.17) is 9.97 Å². The summed E-state index contributed by atoms with van der Waals surface area (Å²) in [6, 6.07) is 7.05. The number of hydrogen-bond donors (Lipinski definition) is 1. The lowest BCUT2D eigenvalue weighted by molar-refractivity contribution is 0.0302. The second-order valence-corrected chi connectivity index (χ2v) is 8.39. The van der Waals surface area contributed by atoms with E-state index in [1.54, 1.807) is 0 Å². The van der Waals surface area contributed by atoms with Gasteiger partial charge in [0, 0.05) is 60.3 Å². The van der Waals surface area contributed by atoms with Gasteiger partial charge in [-0.2, -0.15) is 0 Å². The maximum absolute atomic E-state index is 5.09. The standard InChI is InChI=1S/C23H33N5/c1-4-16(5-2)21-13-22(27-23(26-21)17-6-9-25-10-7-17)20-15-28-11-8-18(20)12-19(28)14-24-3/h6-7,9-10,13,16,18-20,24H,4-5,8,11-12,14-15H2,1-3H3/t18-,19+,20+/m0/s1. The molecule has 3 saturated heterocycles. The third-order valence-corrected chi connectivity index (χ3v) is 6.81. The monoisotopic (exact) mass is 379 g/mol. The minimum absolute atomic E-state index is 0.500. The summed E-state index contributed by atoms with van der Waals surface area (Å²) < 4.78 is 0. The number of nitrogens with one attached hydrogen (secondary N) is 1.